The van der Waals surface area contributed by atoms with E-state index in [4.69, 9.17) is 15.3 Å². The van der Waals surface area contributed by atoms with Gasteiger partial charge in [0.1, 0.15) is 5.75 Å². The molecule has 0 amide bonds. The van der Waals surface area contributed by atoms with Crippen molar-refractivity contribution < 1.29 is 9.47 Å². The number of rotatable bonds is 7. The Morgan fingerprint density at radius 1 is 1.33 bits per heavy atom. The summed E-state index contributed by atoms with van der Waals surface area (Å²) in [5, 5.41) is 0. The minimum Gasteiger partial charge on any atom is -0.496 e. The van der Waals surface area contributed by atoms with Gasteiger partial charge >= 0.3 is 0 Å². The normalized spacial score (nSPS) is 18.4. The molecule has 0 spiro atoms. The van der Waals surface area contributed by atoms with Crippen LogP contribution in [0.4, 0.5) is 0 Å². The van der Waals surface area contributed by atoms with Crippen molar-refractivity contribution in [2.45, 2.75) is 31.4 Å². The molecule has 1 saturated carbocycles. The number of benzene rings is 1. The molecule has 18 heavy (non-hydrogen) atoms. The molecule has 1 aromatic carbocycles. The van der Waals surface area contributed by atoms with Crippen LogP contribution in [0.15, 0.2) is 24.3 Å². The first-order valence-corrected chi connectivity index (χ1v) is 6.41. The van der Waals surface area contributed by atoms with E-state index in [0.29, 0.717) is 5.92 Å². The van der Waals surface area contributed by atoms with Gasteiger partial charge in [-0.15, -0.1) is 0 Å². The summed E-state index contributed by atoms with van der Waals surface area (Å²) in [4.78, 5) is 0. The monoisotopic (exact) mass is 250 g/mol. The number of ether oxygens (including phenoxy) is 2. The fraction of sp³-hybridized carbons (Fsp3) is 0.571. The summed E-state index contributed by atoms with van der Waals surface area (Å²) in [6.07, 6.45) is 3.47. The lowest BCUT2D eigenvalue weighted by molar-refractivity contribution is 0.0509. The molecule has 2 atom stereocenters. The van der Waals surface area contributed by atoms with E-state index in [1.54, 1.807) is 14.2 Å². The first-order chi connectivity index (χ1) is 8.80. The van der Waals surface area contributed by atoms with Crippen LogP contribution in [-0.4, -0.2) is 26.4 Å². The molecule has 100 valence electrons. The quantitative estimate of drug-likeness (QED) is 0.569. The summed E-state index contributed by atoms with van der Waals surface area (Å²) in [5.74, 6) is 7.23. The van der Waals surface area contributed by atoms with E-state index in [-0.39, 0.29) is 12.1 Å². The van der Waals surface area contributed by atoms with Crippen molar-refractivity contribution in [2.75, 3.05) is 14.2 Å². The van der Waals surface area contributed by atoms with Crippen LogP contribution in [0.3, 0.4) is 0 Å². The summed E-state index contributed by atoms with van der Waals surface area (Å²) < 4.78 is 11.0. The number of hydrogen-bond donors (Lipinski definition) is 2. The molecule has 2 unspecified atom stereocenters. The second-order valence-electron chi connectivity index (χ2n) is 4.83. The van der Waals surface area contributed by atoms with E-state index in [0.717, 1.165) is 17.7 Å². The Labute approximate surface area is 108 Å². The lowest BCUT2D eigenvalue weighted by atomic mass is 9.98. The van der Waals surface area contributed by atoms with Gasteiger partial charge < -0.3 is 9.47 Å². The van der Waals surface area contributed by atoms with Crippen LogP contribution in [0.5, 0.6) is 5.75 Å². The topological polar surface area (TPSA) is 56.5 Å². The molecule has 0 bridgehead atoms. The number of nitrogens with one attached hydrogen (secondary N) is 1. The van der Waals surface area contributed by atoms with Gasteiger partial charge in [-0.1, -0.05) is 18.2 Å². The van der Waals surface area contributed by atoms with E-state index >= 15 is 0 Å². The Kier molecular flexibility index (Phi) is 4.58. The molecule has 1 aliphatic rings. The maximum atomic E-state index is 5.68. The van der Waals surface area contributed by atoms with E-state index in [1.165, 1.54) is 12.8 Å². The molecule has 0 heterocycles. The highest BCUT2D eigenvalue weighted by Gasteiger charge is 2.36. The standard InChI is InChI=1S/C14H22N2O2/c1-17-13-6-4-3-5-11(13)9-12(16-15)14(18-2)10-7-8-10/h3-6,10,12,14,16H,7-9,15H2,1-2H3. The van der Waals surface area contributed by atoms with E-state index in [9.17, 15) is 0 Å². The summed E-state index contributed by atoms with van der Waals surface area (Å²) >= 11 is 0. The molecule has 1 fully saturated rings. The van der Waals surface area contributed by atoms with Gasteiger partial charge in [0.05, 0.1) is 19.3 Å². The molecular formula is C14H22N2O2. The SMILES string of the molecule is COc1ccccc1CC(NN)C(OC)C1CC1. The molecular weight excluding hydrogens is 228 g/mol. The maximum Gasteiger partial charge on any atom is 0.122 e. The van der Waals surface area contributed by atoms with Crippen molar-refractivity contribution in [2.24, 2.45) is 11.8 Å². The Morgan fingerprint density at radius 2 is 2.06 bits per heavy atom. The predicted octanol–water partition coefficient (Wildman–Crippen LogP) is 1.49. The smallest absolute Gasteiger partial charge is 0.122 e. The second kappa shape index (κ2) is 6.18. The van der Waals surface area contributed by atoms with E-state index < -0.39 is 0 Å². The van der Waals surface area contributed by atoms with Gasteiger partial charge in [-0.3, -0.25) is 11.3 Å². The largest absolute Gasteiger partial charge is 0.496 e. The summed E-state index contributed by atoms with van der Waals surface area (Å²) in [5.41, 5.74) is 4.05. The maximum absolute atomic E-state index is 5.68. The zero-order chi connectivity index (χ0) is 13.0. The van der Waals surface area contributed by atoms with Gasteiger partial charge in [-0.05, 0) is 36.8 Å². The minimum absolute atomic E-state index is 0.124. The highest BCUT2D eigenvalue weighted by molar-refractivity contribution is 5.34. The Balaban J connectivity index is 2.09. The first-order valence-electron chi connectivity index (χ1n) is 6.41. The van der Waals surface area contributed by atoms with E-state index in [1.807, 2.05) is 18.2 Å². The molecule has 0 radical (unpaired) electrons. The summed E-state index contributed by atoms with van der Waals surface area (Å²) in [6, 6.07) is 8.16. The minimum atomic E-state index is 0.124. The third-order valence-corrected chi connectivity index (χ3v) is 3.60. The number of hydrogen-bond acceptors (Lipinski definition) is 4. The second-order valence-corrected chi connectivity index (χ2v) is 4.83. The van der Waals surface area contributed by atoms with Crippen molar-refractivity contribution in [3.8, 4) is 5.75 Å². The van der Waals surface area contributed by atoms with Gasteiger partial charge in [0.2, 0.25) is 0 Å². The molecule has 0 aromatic heterocycles. The Hall–Kier alpha value is -1.10. The molecule has 0 saturated heterocycles. The van der Waals surface area contributed by atoms with Crippen molar-refractivity contribution in [3.63, 3.8) is 0 Å². The molecule has 1 aliphatic carbocycles. The average Bonchev–Trinajstić information content (AvgIpc) is 3.23. The average molecular weight is 250 g/mol. The highest BCUT2D eigenvalue weighted by Crippen LogP contribution is 2.36. The summed E-state index contributed by atoms with van der Waals surface area (Å²) in [6.45, 7) is 0. The molecule has 4 heteroatoms. The van der Waals surface area contributed by atoms with Crippen molar-refractivity contribution in [3.05, 3.63) is 29.8 Å². The molecule has 0 aliphatic heterocycles. The van der Waals surface area contributed by atoms with Crippen molar-refractivity contribution in [1.29, 1.82) is 0 Å². The van der Waals surface area contributed by atoms with Crippen LogP contribution >= 0.6 is 0 Å². The number of nitrogens with two attached hydrogens (primary N) is 1. The lowest BCUT2D eigenvalue weighted by Crippen LogP contribution is -2.47. The Morgan fingerprint density at radius 3 is 2.61 bits per heavy atom. The third-order valence-electron chi connectivity index (χ3n) is 3.60. The predicted molar refractivity (Wildman–Crippen MR) is 71.3 cm³/mol. The zero-order valence-corrected chi connectivity index (χ0v) is 11.1. The van der Waals surface area contributed by atoms with Crippen molar-refractivity contribution in [1.82, 2.24) is 5.43 Å². The highest BCUT2D eigenvalue weighted by atomic mass is 16.5. The van der Waals surface area contributed by atoms with Gasteiger partial charge in [-0.25, -0.2) is 0 Å². The molecule has 2 rings (SSSR count). The van der Waals surface area contributed by atoms with Gasteiger partial charge in [0.15, 0.2) is 0 Å². The summed E-state index contributed by atoms with van der Waals surface area (Å²) in [7, 11) is 3.45. The number of hydrazine groups is 1. The first kappa shape index (κ1) is 13.3. The van der Waals surface area contributed by atoms with Gasteiger partial charge in [-0.2, -0.15) is 0 Å². The van der Waals surface area contributed by atoms with Crippen LogP contribution in [0, 0.1) is 5.92 Å². The van der Waals surface area contributed by atoms with Crippen molar-refractivity contribution >= 4 is 0 Å². The van der Waals surface area contributed by atoms with Gasteiger partial charge in [0.25, 0.3) is 0 Å². The fourth-order valence-corrected chi connectivity index (χ4v) is 2.49. The van der Waals surface area contributed by atoms with Crippen LogP contribution in [0.1, 0.15) is 18.4 Å². The number of para-hydroxylation sites is 1. The zero-order valence-electron chi connectivity index (χ0n) is 11.1. The molecule has 1 aromatic rings. The van der Waals surface area contributed by atoms with E-state index in [2.05, 4.69) is 11.5 Å². The van der Waals surface area contributed by atoms with Crippen LogP contribution in [0.25, 0.3) is 0 Å². The van der Waals surface area contributed by atoms with Gasteiger partial charge in [0, 0.05) is 7.11 Å². The Bertz CT molecular complexity index is 380. The van der Waals surface area contributed by atoms with Crippen LogP contribution < -0.4 is 16.0 Å². The number of methoxy groups -OCH3 is 2. The third kappa shape index (κ3) is 3.02. The van der Waals surface area contributed by atoms with Crippen LogP contribution in [0.2, 0.25) is 0 Å². The van der Waals surface area contributed by atoms with Crippen LogP contribution in [-0.2, 0) is 11.2 Å². The fourth-order valence-electron chi connectivity index (χ4n) is 2.49. The molecule has 3 N–H and O–H groups in total. The molecule has 4 nitrogen and oxygen atoms in total. The lowest BCUT2D eigenvalue weighted by Gasteiger charge is -2.26.